The molecule has 2 radical (unpaired) electrons. The zero-order valence-corrected chi connectivity index (χ0v) is 13.0. The predicted molar refractivity (Wildman–Crippen MR) is 95.6 cm³/mol. The van der Waals surface area contributed by atoms with Gasteiger partial charge in [0.15, 0.2) is 6.29 Å². The molecule has 2 N–H and O–H groups in total. The normalized spacial score (nSPS) is 10.3. The van der Waals surface area contributed by atoms with Gasteiger partial charge in [-0.25, -0.2) is 0 Å². The monoisotopic (exact) mass is 314 g/mol. The topological polar surface area (TPSA) is 65.2 Å². The van der Waals surface area contributed by atoms with Gasteiger partial charge in [-0.3, -0.25) is 9.78 Å². The van der Waals surface area contributed by atoms with Crippen molar-refractivity contribution in [2.24, 2.45) is 0 Å². The Kier molecular flexibility index (Phi) is 4.61. The summed E-state index contributed by atoms with van der Waals surface area (Å²) in [5.41, 5.74) is 9.26. The van der Waals surface area contributed by atoms with Crippen LogP contribution >= 0.6 is 0 Å². The number of ether oxygens (including phenoxy) is 1. The summed E-state index contributed by atoms with van der Waals surface area (Å²) in [6.07, 6.45) is 0.675. The summed E-state index contributed by atoms with van der Waals surface area (Å²) in [6.45, 7) is 0.494. The molecule has 4 nitrogen and oxygen atoms in total. The maximum absolute atomic E-state index is 11.1. The third kappa shape index (κ3) is 3.46. The summed E-state index contributed by atoms with van der Waals surface area (Å²) in [7, 11) is 5.73. The van der Waals surface area contributed by atoms with Crippen LogP contribution in [0.3, 0.4) is 0 Å². The Morgan fingerprint density at radius 1 is 1.08 bits per heavy atom. The minimum absolute atomic E-state index is 0.255. The van der Waals surface area contributed by atoms with Gasteiger partial charge in [-0.1, -0.05) is 30.3 Å². The highest BCUT2D eigenvalue weighted by atomic mass is 16.5. The van der Waals surface area contributed by atoms with Crippen LogP contribution < -0.4 is 16.1 Å². The van der Waals surface area contributed by atoms with Crippen molar-refractivity contribution in [1.82, 2.24) is 4.98 Å². The molecule has 0 amide bonds. The van der Waals surface area contributed by atoms with Crippen LogP contribution in [-0.4, -0.2) is 19.1 Å². The molecular formula is C19H15BN2O2. The molecule has 0 saturated heterocycles. The second-order valence-electron chi connectivity index (χ2n) is 5.32. The molecule has 0 unspecified atom stereocenters. The molecule has 2 aromatic carbocycles. The van der Waals surface area contributed by atoms with Gasteiger partial charge in [-0.15, -0.1) is 0 Å². The molecule has 0 atom stereocenters. The molecule has 0 spiro atoms. The van der Waals surface area contributed by atoms with Crippen molar-refractivity contribution in [3.8, 4) is 17.0 Å². The number of nitrogens with two attached hydrogens (primary N) is 1. The lowest BCUT2D eigenvalue weighted by molar-refractivity contribution is 0.112. The van der Waals surface area contributed by atoms with E-state index in [1.165, 1.54) is 6.07 Å². The molecule has 1 aromatic heterocycles. The van der Waals surface area contributed by atoms with Gasteiger partial charge in [0.05, 0.1) is 11.4 Å². The molecule has 0 aliphatic carbocycles. The molecular weight excluding hydrogens is 299 g/mol. The molecule has 116 valence electrons. The van der Waals surface area contributed by atoms with E-state index in [2.05, 4.69) is 4.98 Å². The smallest absolute Gasteiger partial charge is 0.152 e. The van der Waals surface area contributed by atoms with Gasteiger partial charge in [0.2, 0.25) is 0 Å². The fourth-order valence-electron chi connectivity index (χ4n) is 2.36. The first-order chi connectivity index (χ1) is 11.7. The number of pyridine rings is 1. The summed E-state index contributed by atoms with van der Waals surface area (Å²) in [6, 6.07) is 18.7. The molecule has 0 aliphatic rings. The predicted octanol–water partition coefficient (Wildman–Crippen LogP) is 2.52. The Morgan fingerprint density at radius 2 is 1.79 bits per heavy atom. The summed E-state index contributed by atoms with van der Waals surface area (Å²) < 4.78 is 5.75. The van der Waals surface area contributed by atoms with Crippen LogP contribution in [0.15, 0.2) is 60.7 Å². The number of benzene rings is 2. The van der Waals surface area contributed by atoms with Gasteiger partial charge in [0, 0.05) is 11.1 Å². The molecule has 3 rings (SSSR count). The van der Waals surface area contributed by atoms with Crippen molar-refractivity contribution in [2.45, 2.75) is 6.61 Å². The van der Waals surface area contributed by atoms with E-state index >= 15 is 0 Å². The van der Waals surface area contributed by atoms with E-state index in [0.29, 0.717) is 29.8 Å². The van der Waals surface area contributed by atoms with E-state index in [1.54, 1.807) is 0 Å². The average Bonchev–Trinajstić information content (AvgIpc) is 2.63. The summed E-state index contributed by atoms with van der Waals surface area (Å²) in [4.78, 5) is 15.3. The number of aromatic nitrogens is 1. The van der Waals surface area contributed by atoms with E-state index in [-0.39, 0.29) is 5.59 Å². The lowest BCUT2D eigenvalue weighted by atomic mass is 9.98. The maximum atomic E-state index is 11.1. The zero-order chi connectivity index (χ0) is 16.9. The quantitative estimate of drug-likeness (QED) is 0.580. The number of rotatable bonds is 5. The molecule has 0 saturated carbocycles. The minimum atomic E-state index is 0.255. The van der Waals surface area contributed by atoms with Crippen molar-refractivity contribution in [2.75, 3.05) is 5.73 Å². The highest BCUT2D eigenvalue weighted by Crippen LogP contribution is 2.26. The Morgan fingerprint density at radius 3 is 2.46 bits per heavy atom. The number of anilines is 1. The van der Waals surface area contributed by atoms with E-state index in [9.17, 15) is 4.79 Å². The molecule has 0 aliphatic heterocycles. The SMILES string of the molecule is [B]c1cc(C=O)c(N)c(-c2ccc(OCc3ccccc3)cc2)n1. The van der Waals surface area contributed by atoms with Crippen molar-refractivity contribution < 1.29 is 9.53 Å². The zero-order valence-electron chi connectivity index (χ0n) is 13.0. The Bertz CT molecular complexity index is 849. The number of carbonyl (C=O) groups excluding carboxylic acids is 1. The summed E-state index contributed by atoms with van der Waals surface area (Å²) in [5, 5.41) is 0. The number of carbonyl (C=O) groups is 1. The average molecular weight is 314 g/mol. The number of hydrogen-bond donors (Lipinski definition) is 1. The maximum Gasteiger partial charge on any atom is 0.152 e. The molecule has 0 bridgehead atoms. The van der Waals surface area contributed by atoms with Crippen molar-refractivity contribution >= 4 is 25.4 Å². The lowest BCUT2D eigenvalue weighted by Crippen LogP contribution is -2.13. The van der Waals surface area contributed by atoms with Crippen LogP contribution in [0.1, 0.15) is 15.9 Å². The van der Waals surface area contributed by atoms with Crippen LogP contribution in [0.5, 0.6) is 5.75 Å². The minimum Gasteiger partial charge on any atom is -0.489 e. The molecule has 0 fully saturated rings. The Labute approximate surface area is 141 Å². The number of hydrogen-bond acceptors (Lipinski definition) is 4. The van der Waals surface area contributed by atoms with Gasteiger partial charge >= 0.3 is 0 Å². The van der Waals surface area contributed by atoms with Crippen LogP contribution in [0.2, 0.25) is 0 Å². The summed E-state index contributed by atoms with van der Waals surface area (Å²) in [5.74, 6) is 0.737. The van der Waals surface area contributed by atoms with Crippen molar-refractivity contribution in [3.05, 3.63) is 71.8 Å². The Balaban J connectivity index is 1.80. The molecule has 5 heteroatoms. The van der Waals surface area contributed by atoms with Gasteiger partial charge < -0.3 is 10.5 Å². The lowest BCUT2D eigenvalue weighted by Gasteiger charge is -2.10. The number of nitrogens with zero attached hydrogens (tertiary/aromatic N) is 1. The first-order valence-electron chi connectivity index (χ1n) is 7.45. The highest BCUT2D eigenvalue weighted by molar-refractivity contribution is 6.31. The molecule has 24 heavy (non-hydrogen) atoms. The van der Waals surface area contributed by atoms with Crippen molar-refractivity contribution in [3.63, 3.8) is 0 Å². The van der Waals surface area contributed by atoms with Crippen molar-refractivity contribution in [1.29, 1.82) is 0 Å². The van der Waals surface area contributed by atoms with Crippen LogP contribution in [0.4, 0.5) is 5.69 Å². The van der Waals surface area contributed by atoms with Crippen LogP contribution in [0, 0.1) is 0 Å². The van der Waals surface area contributed by atoms with Crippen LogP contribution in [-0.2, 0) is 6.61 Å². The third-order valence-electron chi connectivity index (χ3n) is 3.61. The summed E-state index contributed by atoms with van der Waals surface area (Å²) >= 11 is 0. The second-order valence-corrected chi connectivity index (χ2v) is 5.32. The second kappa shape index (κ2) is 7.00. The fraction of sp³-hybridized carbons (Fsp3) is 0.0526. The van der Waals surface area contributed by atoms with E-state index in [1.807, 2.05) is 54.6 Å². The first-order valence-corrected chi connectivity index (χ1v) is 7.45. The highest BCUT2D eigenvalue weighted by Gasteiger charge is 2.10. The number of nitrogen functional groups attached to an aromatic ring is 1. The van der Waals surface area contributed by atoms with Crippen LogP contribution in [0.25, 0.3) is 11.3 Å². The Hall–Kier alpha value is -3.08. The standard InChI is InChI=1S/C19H15BN2O2/c20-17-10-15(11-23)18(21)19(22-17)14-6-8-16(9-7-14)24-12-13-4-2-1-3-5-13/h1-11H,12,21H2. The van der Waals surface area contributed by atoms with Gasteiger partial charge in [0.25, 0.3) is 0 Å². The third-order valence-corrected chi connectivity index (χ3v) is 3.61. The van der Waals surface area contributed by atoms with E-state index in [4.69, 9.17) is 18.3 Å². The van der Waals surface area contributed by atoms with E-state index < -0.39 is 0 Å². The molecule has 3 aromatic rings. The van der Waals surface area contributed by atoms with Gasteiger partial charge in [-0.2, -0.15) is 0 Å². The number of aldehydes is 1. The van der Waals surface area contributed by atoms with Gasteiger partial charge in [-0.05, 0) is 41.5 Å². The van der Waals surface area contributed by atoms with Gasteiger partial charge in [0.1, 0.15) is 20.2 Å². The van der Waals surface area contributed by atoms with E-state index in [0.717, 1.165) is 16.9 Å². The largest absolute Gasteiger partial charge is 0.489 e. The first kappa shape index (κ1) is 15.8. The fourth-order valence-corrected chi connectivity index (χ4v) is 2.36. The molecule has 1 heterocycles.